The van der Waals surface area contributed by atoms with Gasteiger partial charge in [0.1, 0.15) is 5.75 Å². The van der Waals surface area contributed by atoms with E-state index in [1.807, 2.05) is 6.92 Å². The van der Waals surface area contributed by atoms with Crippen LogP contribution < -0.4 is 16.0 Å². The van der Waals surface area contributed by atoms with E-state index in [1.165, 1.54) is 6.21 Å². The molecule has 0 heterocycles. The zero-order valence-electron chi connectivity index (χ0n) is 8.42. The maximum absolute atomic E-state index is 9.03. The largest absolute Gasteiger partial charge is 0.494 e. The molecular formula is C9H13BN2O3. The molecule has 0 aliphatic rings. The summed E-state index contributed by atoms with van der Waals surface area (Å²) in [5.41, 5.74) is 1.00. The van der Waals surface area contributed by atoms with Crippen LogP contribution in [0.3, 0.4) is 0 Å². The van der Waals surface area contributed by atoms with Crippen molar-refractivity contribution in [1.82, 2.24) is 0 Å². The average Bonchev–Trinajstić information content (AvgIpc) is 2.18. The quantitative estimate of drug-likeness (QED) is 0.258. The van der Waals surface area contributed by atoms with Crippen LogP contribution in [0.15, 0.2) is 23.3 Å². The molecule has 0 bridgehead atoms. The van der Waals surface area contributed by atoms with Crippen molar-refractivity contribution >= 4 is 18.8 Å². The molecule has 1 aromatic carbocycles. The van der Waals surface area contributed by atoms with E-state index in [0.717, 1.165) is 0 Å². The third kappa shape index (κ3) is 3.27. The minimum Gasteiger partial charge on any atom is -0.494 e. The fraction of sp³-hybridized carbons (Fsp3) is 0.222. The van der Waals surface area contributed by atoms with Gasteiger partial charge in [-0.05, 0) is 30.1 Å². The van der Waals surface area contributed by atoms with Crippen molar-refractivity contribution in [2.24, 2.45) is 10.9 Å². The second-order valence-corrected chi connectivity index (χ2v) is 2.92. The Bertz CT molecular complexity index is 355. The molecule has 0 radical (unpaired) electrons. The van der Waals surface area contributed by atoms with Crippen molar-refractivity contribution in [3.63, 3.8) is 0 Å². The van der Waals surface area contributed by atoms with Crippen LogP contribution in [0, 0.1) is 0 Å². The molecule has 0 saturated heterocycles. The summed E-state index contributed by atoms with van der Waals surface area (Å²) in [5.74, 6) is 5.57. The van der Waals surface area contributed by atoms with Gasteiger partial charge in [-0.2, -0.15) is 5.10 Å². The second-order valence-electron chi connectivity index (χ2n) is 2.92. The first-order valence-electron chi connectivity index (χ1n) is 4.54. The summed E-state index contributed by atoms with van der Waals surface area (Å²) in [6.45, 7) is 2.35. The summed E-state index contributed by atoms with van der Waals surface area (Å²) in [6.07, 6.45) is 1.41. The van der Waals surface area contributed by atoms with Crippen LogP contribution in [0.5, 0.6) is 5.75 Å². The second kappa shape index (κ2) is 5.38. The van der Waals surface area contributed by atoms with Gasteiger partial charge in [-0.15, -0.1) is 0 Å². The number of hydrogen-bond donors (Lipinski definition) is 3. The third-order valence-electron chi connectivity index (χ3n) is 1.78. The molecule has 0 saturated carbocycles. The number of ether oxygens (including phenoxy) is 1. The molecule has 1 aromatic rings. The van der Waals surface area contributed by atoms with Gasteiger partial charge >= 0.3 is 7.12 Å². The van der Waals surface area contributed by atoms with E-state index in [-0.39, 0.29) is 0 Å². The monoisotopic (exact) mass is 208 g/mol. The van der Waals surface area contributed by atoms with Gasteiger partial charge in [-0.3, -0.25) is 0 Å². The molecular weight excluding hydrogens is 195 g/mol. The zero-order valence-corrected chi connectivity index (χ0v) is 8.42. The van der Waals surface area contributed by atoms with Crippen LogP contribution in [0.2, 0.25) is 0 Å². The van der Waals surface area contributed by atoms with Crippen LogP contribution >= 0.6 is 0 Å². The van der Waals surface area contributed by atoms with E-state index in [9.17, 15) is 0 Å². The number of hydrazone groups is 1. The molecule has 4 N–H and O–H groups in total. The molecule has 0 aromatic heterocycles. The van der Waals surface area contributed by atoms with Gasteiger partial charge < -0.3 is 20.6 Å². The molecule has 0 unspecified atom stereocenters. The van der Waals surface area contributed by atoms with Crippen molar-refractivity contribution in [3.05, 3.63) is 23.8 Å². The fourth-order valence-electron chi connectivity index (χ4n) is 1.21. The molecule has 0 aliphatic carbocycles. The van der Waals surface area contributed by atoms with Gasteiger partial charge in [0.05, 0.1) is 12.8 Å². The molecule has 0 aliphatic heterocycles. The lowest BCUT2D eigenvalue weighted by atomic mass is 9.79. The smallest absolute Gasteiger partial charge is 0.488 e. The molecule has 5 nitrogen and oxygen atoms in total. The van der Waals surface area contributed by atoms with Crippen molar-refractivity contribution in [3.8, 4) is 5.75 Å². The zero-order chi connectivity index (χ0) is 11.3. The minimum absolute atomic E-state index is 0.343. The number of hydrogen-bond acceptors (Lipinski definition) is 5. The lowest BCUT2D eigenvalue weighted by Gasteiger charge is -2.07. The van der Waals surface area contributed by atoms with Crippen molar-refractivity contribution in [2.45, 2.75) is 6.92 Å². The Labute approximate surface area is 88.3 Å². The number of nitrogens with zero attached hydrogens (tertiary/aromatic N) is 1. The fourth-order valence-corrected chi connectivity index (χ4v) is 1.21. The van der Waals surface area contributed by atoms with Crippen molar-refractivity contribution in [1.29, 1.82) is 0 Å². The number of rotatable bonds is 4. The highest BCUT2D eigenvalue weighted by Crippen LogP contribution is 2.10. The third-order valence-corrected chi connectivity index (χ3v) is 1.78. The molecule has 1 rings (SSSR count). The maximum atomic E-state index is 9.03. The first kappa shape index (κ1) is 11.5. The molecule has 0 amide bonds. The Balaban J connectivity index is 3.08. The maximum Gasteiger partial charge on any atom is 0.488 e. The van der Waals surface area contributed by atoms with Crippen LogP contribution in [0.25, 0.3) is 0 Å². The van der Waals surface area contributed by atoms with Gasteiger partial charge in [0, 0.05) is 0 Å². The lowest BCUT2D eigenvalue weighted by molar-refractivity contribution is 0.340. The Kier molecular flexibility index (Phi) is 4.14. The highest BCUT2D eigenvalue weighted by atomic mass is 16.5. The van der Waals surface area contributed by atoms with E-state index in [0.29, 0.717) is 23.4 Å². The first-order chi connectivity index (χ1) is 7.17. The summed E-state index contributed by atoms with van der Waals surface area (Å²) < 4.78 is 5.26. The lowest BCUT2D eigenvalue weighted by Crippen LogP contribution is -2.30. The molecule has 0 fully saturated rings. The molecule has 0 atom stereocenters. The van der Waals surface area contributed by atoms with E-state index >= 15 is 0 Å². The Hall–Kier alpha value is -1.53. The number of nitrogens with two attached hydrogens (primary N) is 1. The summed E-state index contributed by atoms with van der Waals surface area (Å²) in [4.78, 5) is 0. The van der Waals surface area contributed by atoms with E-state index < -0.39 is 7.12 Å². The standard InChI is InChI=1S/C9H13BN2O3/c1-2-15-9-4-7(6-12-11)3-8(5-9)10(13)14/h3-6,13-14H,2,11H2,1H3. The van der Waals surface area contributed by atoms with E-state index in [2.05, 4.69) is 5.10 Å². The SMILES string of the molecule is CCOc1cc(C=NN)cc(B(O)O)c1. The predicted octanol–water partition coefficient (Wildman–Crippen LogP) is -0.942. The molecule has 80 valence electrons. The summed E-state index contributed by atoms with van der Waals surface area (Å²) in [7, 11) is -1.53. The Morgan fingerprint density at radius 3 is 2.73 bits per heavy atom. The van der Waals surface area contributed by atoms with Crippen molar-refractivity contribution in [2.75, 3.05) is 6.61 Å². The van der Waals surface area contributed by atoms with Gasteiger partial charge in [0.25, 0.3) is 0 Å². The number of benzene rings is 1. The van der Waals surface area contributed by atoms with Crippen LogP contribution in [0.1, 0.15) is 12.5 Å². The van der Waals surface area contributed by atoms with Crippen LogP contribution in [-0.4, -0.2) is 30.0 Å². The summed E-state index contributed by atoms with van der Waals surface area (Å²) in [5, 5.41) is 21.4. The molecule has 15 heavy (non-hydrogen) atoms. The van der Waals surface area contributed by atoms with E-state index in [4.69, 9.17) is 20.6 Å². The van der Waals surface area contributed by atoms with Crippen molar-refractivity contribution < 1.29 is 14.8 Å². The normalized spacial score (nSPS) is 10.6. The van der Waals surface area contributed by atoms with Gasteiger partial charge in [-0.25, -0.2) is 0 Å². The van der Waals surface area contributed by atoms with Crippen LogP contribution in [0.4, 0.5) is 0 Å². The van der Waals surface area contributed by atoms with Gasteiger partial charge in [-0.1, -0.05) is 6.07 Å². The summed E-state index contributed by atoms with van der Waals surface area (Å²) in [6, 6.07) is 4.84. The van der Waals surface area contributed by atoms with Gasteiger partial charge in [0.2, 0.25) is 0 Å². The van der Waals surface area contributed by atoms with Crippen LogP contribution in [-0.2, 0) is 0 Å². The Morgan fingerprint density at radius 1 is 1.47 bits per heavy atom. The highest BCUT2D eigenvalue weighted by Gasteiger charge is 2.12. The minimum atomic E-state index is -1.53. The van der Waals surface area contributed by atoms with Gasteiger partial charge in [0.15, 0.2) is 0 Å². The molecule has 0 spiro atoms. The molecule has 6 heteroatoms. The van der Waals surface area contributed by atoms with E-state index in [1.54, 1.807) is 18.2 Å². The summed E-state index contributed by atoms with van der Waals surface area (Å²) >= 11 is 0. The predicted molar refractivity (Wildman–Crippen MR) is 59.2 cm³/mol. The highest BCUT2D eigenvalue weighted by molar-refractivity contribution is 6.58. The average molecular weight is 208 g/mol. The Morgan fingerprint density at radius 2 is 2.20 bits per heavy atom. The topological polar surface area (TPSA) is 88.1 Å². The first-order valence-corrected chi connectivity index (χ1v) is 4.54.